The van der Waals surface area contributed by atoms with Gasteiger partial charge in [-0.3, -0.25) is 32.5 Å². The van der Waals surface area contributed by atoms with Crippen molar-refractivity contribution >= 4 is 75.1 Å². The van der Waals surface area contributed by atoms with Crippen LogP contribution in [0.2, 0.25) is 0 Å². The second-order valence-corrected chi connectivity index (χ2v) is 17.9. The minimum absolute atomic E-state index is 0.0249. The number of nitrogens with two attached hydrogens (primary N) is 1. The fourth-order valence-electron chi connectivity index (χ4n) is 4.77. The van der Waals surface area contributed by atoms with Gasteiger partial charge in [-0.25, -0.2) is 33.4 Å². The number of anilines is 1. The third-order valence-corrected chi connectivity index (χ3v) is 11.6. The van der Waals surface area contributed by atoms with Crippen molar-refractivity contribution in [1.82, 2.24) is 30.2 Å². The first-order chi connectivity index (χ1) is 26.1. The molecular weight excluding hydrogens is 835 g/mol. The van der Waals surface area contributed by atoms with Crippen molar-refractivity contribution in [3.8, 4) is 0 Å². The fraction of sp³-hybridized carbons (Fsp3) is 0.630. The maximum absolute atomic E-state index is 12.7. The molecule has 2 aromatic rings. The van der Waals surface area contributed by atoms with Gasteiger partial charge in [0.15, 0.2) is 22.8 Å². The number of aromatic nitrogens is 4. The van der Waals surface area contributed by atoms with Crippen LogP contribution in [0.15, 0.2) is 18.7 Å². The second kappa shape index (κ2) is 20.6. The summed E-state index contributed by atoms with van der Waals surface area (Å²) < 4.78 is 62.0. The predicted octanol–water partition coefficient (Wildman–Crippen LogP) is -0.777. The molecule has 0 saturated carbocycles. The van der Waals surface area contributed by atoms with Gasteiger partial charge in [-0.2, -0.15) is 4.31 Å². The minimum atomic E-state index is -5.58. The lowest BCUT2D eigenvalue weighted by Crippen LogP contribution is -2.46. The predicted molar refractivity (Wildman–Crippen MR) is 191 cm³/mol. The van der Waals surface area contributed by atoms with E-state index in [0.717, 1.165) is 29.0 Å². The number of aliphatic hydroxyl groups is 2. The van der Waals surface area contributed by atoms with Crippen molar-refractivity contribution in [2.75, 3.05) is 37.8 Å². The Morgan fingerprint density at radius 3 is 2.46 bits per heavy atom. The van der Waals surface area contributed by atoms with Crippen LogP contribution in [0.1, 0.15) is 45.8 Å². The number of phosphoric acid groups is 3. The number of allylic oxidation sites excluding steroid dienone is 1. The summed E-state index contributed by atoms with van der Waals surface area (Å²) in [5, 5.41) is 26.2. The molecule has 1 fully saturated rings. The van der Waals surface area contributed by atoms with Gasteiger partial charge >= 0.3 is 23.5 Å². The summed E-state index contributed by atoms with van der Waals surface area (Å²) in [6, 6.07) is 0. The summed E-state index contributed by atoms with van der Waals surface area (Å²) in [5.74, 6) is 0.418. The highest BCUT2D eigenvalue weighted by Gasteiger charge is 2.50. The van der Waals surface area contributed by atoms with E-state index in [9.17, 15) is 62.7 Å². The van der Waals surface area contributed by atoms with Crippen LogP contribution >= 0.6 is 35.2 Å². The van der Waals surface area contributed by atoms with Crippen LogP contribution in [0.3, 0.4) is 0 Å². The highest BCUT2D eigenvalue weighted by atomic mass is 32.2. The number of rotatable bonds is 23. The number of amides is 2. The average Bonchev–Trinajstić information content (AvgIpc) is 3.66. The topological polar surface area (TPSA) is 381 Å². The molecule has 29 heteroatoms. The van der Waals surface area contributed by atoms with Crippen LogP contribution in [0, 0.1) is 5.41 Å². The maximum Gasteiger partial charge on any atom is 0.481 e. The first-order valence-corrected chi connectivity index (χ1v) is 21.8. The number of ether oxygens (including phenoxy) is 1. The number of nitrogens with zero attached hydrogens (tertiary/aromatic N) is 4. The smallest absolute Gasteiger partial charge is 0.386 e. The van der Waals surface area contributed by atoms with Gasteiger partial charge in [0.25, 0.3) is 0 Å². The van der Waals surface area contributed by atoms with E-state index in [2.05, 4.69) is 34.4 Å². The SMILES string of the molecule is CC(C)(COP(=O)(O)OP(=O)(O)OC[C@H]1O[C@@H](n2cnc3c(N)ncnc32)[C@H](O)[C@@H]1OP(=O)(O)O)[C@@H](O)C(=O)NCCC(=O)NCCSC(=O)CCCC=C=O. The zero-order valence-electron chi connectivity index (χ0n) is 29.7. The van der Waals surface area contributed by atoms with Gasteiger partial charge in [0.1, 0.15) is 42.2 Å². The van der Waals surface area contributed by atoms with Gasteiger partial charge in [-0.1, -0.05) is 25.6 Å². The number of carbonyl (C=O) groups excluding carboxylic acids is 4. The normalized spacial score (nSPS) is 21.4. The van der Waals surface area contributed by atoms with Crippen molar-refractivity contribution in [2.24, 2.45) is 5.41 Å². The first-order valence-electron chi connectivity index (χ1n) is 16.3. The molecule has 3 rings (SSSR count). The maximum atomic E-state index is 12.7. The molecule has 2 aromatic heterocycles. The number of unbranched alkanes of at least 4 members (excludes halogenated alkanes) is 1. The lowest BCUT2D eigenvalue weighted by Gasteiger charge is -2.30. The van der Waals surface area contributed by atoms with E-state index in [0.29, 0.717) is 18.6 Å². The lowest BCUT2D eigenvalue weighted by atomic mass is 9.87. The molecule has 1 saturated heterocycles. The van der Waals surface area contributed by atoms with Crippen LogP contribution in [0.5, 0.6) is 0 Å². The molecule has 0 aliphatic carbocycles. The van der Waals surface area contributed by atoms with E-state index in [-0.39, 0.29) is 48.0 Å². The molecule has 25 nitrogen and oxygen atoms in total. The highest BCUT2D eigenvalue weighted by molar-refractivity contribution is 8.13. The van der Waals surface area contributed by atoms with Crippen molar-refractivity contribution in [3.05, 3.63) is 18.7 Å². The Balaban J connectivity index is 1.47. The van der Waals surface area contributed by atoms with Gasteiger partial charge in [0.05, 0.1) is 19.5 Å². The van der Waals surface area contributed by atoms with Gasteiger partial charge in [-0.15, -0.1) is 0 Å². The Morgan fingerprint density at radius 2 is 1.79 bits per heavy atom. The molecule has 3 heterocycles. The van der Waals surface area contributed by atoms with Gasteiger partial charge in [-0.05, 0) is 18.9 Å². The number of carbonyl (C=O) groups is 3. The molecule has 1 aliphatic heterocycles. The summed E-state index contributed by atoms with van der Waals surface area (Å²) in [4.78, 5) is 97.3. The highest BCUT2D eigenvalue weighted by Crippen LogP contribution is 2.61. The summed E-state index contributed by atoms with van der Waals surface area (Å²) in [6.07, 6.45) is -4.49. The third kappa shape index (κ3) is 14.7. The second-order valence-electron chi connectivity index (χ2n) is 12.5. The largest absolute Gasteiger partial charge is 0.481 e. The van der Waals surface area contributed by atoms with E-state index < -0.39 is 84.6 Å². The van der Waals surface area contributed by atoms with Crippen LogP contribution in [-0.2, 0) is 55.5 Å². The Morgan fingerprint density at radius 1 is 1.09 bits per heavy atom. The van der Waals surface area contributed by atoms with Crippen LogP contribution in [0.4, 0.5) is 5.82 Å². The monoisotopic (exact) mass is 877 g/mol. The number of phosphoric ester groups is 3. The molecule has 1 aliphatic rings. The number of thioether (sulfide) groups is 1. The molecule has 0 bridgehead atoms. The van der Waals surface area contributed by atoms with Gasteiger partial charge in [0.2, 0.25) is 11.8 Å². The summed E-state index contributed by atoms with van der Waals surface area (Å²) in [7, 11) is -16.4. The average molecular weight is 878 g/mol. The number of imidazole rings is 1. The number of hydrogen-bond donors (Lipinski definition) is 9. The van der Waals surface area contributed by atoms with E-state index in [4.69, 9.17) is 19.5 Å². The third-order valence-electron chi connectivity index (χ3n) is 7.58. The number of fused-ring (bicyclic) bond motifs is 1. The van der Waals surface area contributed by atoms with Crippen LogP contribution in [-0.4, -0.2) is 129 Å². The molecule has 0 radical (unpaired) electrons. The van der Waals surface area contributed by atoms with Crippen LogP contribution < -0.4 is 16.4 Å². The van der Waals surface area contributed by atoms with E-state index in [1.54, 1.807) is 5.94 Å². The summed E-state index contributed by atoms with van der Waals surface area (Å²) >= 11 is 1.02. The van der Waals surface area contributed by atoms with Gasteiger partial charge in [0, 0.05) is 37.1 Å². The zero-order chi connectivity index (χ0) is 41.9. The summed E-state index contributed by atoms with van der Waals surface area (Å²) in [5.41, 5.74) is 4.23. The number of hydrogen-bond acceptors (Lipinski definition) is 19. The fourth-order valence-corrected chi connectivity index (χ4v) is 8.32. The van der Waals surface area contributed by atoms with Crippen molar-refractivity contribution < 1.29 is 85.3 Å². The number of aliphatic hydroxyl groups excluding tert-OH is 2. The first kappa shape index (κ1) is 47.4. The number of nitrogens with one attached hydrogen (secondary N) is 2. The standard InChI is InChI=1S/C27H42N7O18P3S/c1-27(2,22(39)25(40)30-8-7-17(36)29-9-11-56-18(37)6-4-3-5-10-35)13-49-55(46,47)52-54(44,45)48-12-16-21(51-53(41,42)43)20(38)26(50-16)34-15-33-19-23(28)31-14-32-24(19)34/h5,14-16,20-22,26,38-39H,3-4,6-9,11-13H2,1-2H3,(H,29,36)(H,30,40)(H,44,45)(H,46,47)(H2,28,31,32)(H2,41,42,43)/t16-,20-,21-,22+,26-/m1/s1. The Bertz CT molecular complexity index is 1890. The quantitative estimate of drug-likeness (QED) is 0.0376. The van der Waals surface area contributed by atoms with Gasteiger partial charge < -0.3 is 50.9 Å². The van der Waals surface area contributed by atoms with E-state index >= 15 is 0 Å². The van der Waals surface area contributed by atoms with E-state index in [1.165, 1.54) is 19.9 Å². The molecule has 0 aromatic carbocycles. The molecule has 7 atom stereocenters. The molecule has 56 heavy (non-hydrogen) atoms. The Kier molecular flexibility index (Phi) is 17.4. The van der Waals surface area contributed by atoms with E-state index in [1.807, 2.05) is 0 Å². The van der Waals surface area contributed by atoms with Crippen molar-refractivity contribution in [1.29, 1.82) is 0 Å². The van der Waals surface area contributed by atoms with Crippen molar-refractivity contribution in [2.45, 2.75) is 70.2 Å². The molecule has 10 N–H and O–H groups in total. The molecule has 0 spiro atoms. The zero-order valence-corrected chi connectivity index (χ0v) is 33.2. The summed E-state index contributed by atoms with van der Waals surface area (Å²) in [6.45, 7) is 0.387. The molecule has 2 amide bonds. The Hall–Kier alpha value is -2.99. The van der Waals surface area contributed by atoms with Crippen LogP contribution in [0.25, 0.3) is 11.2 Å². The van der Waals surface area contributed by atoms with Crippen molar-refractivity contribution in [3.63, 3.8) is 0 Å². The Labute approximate surface area is 322 Å². The molecule has 314 valence electrons. The lowest BCUT2D eigenvalue weighted by molar-refractivity contribution is -0.137. The molecular formula is C27H42N7O18P3S. The minimum Gasteiger partial charge on any atom is -0.386 e. The number of nitrogen functional groups attached to an aromatic ring is 1. The molecule has 2 unspecified atom stereocenters.